The Balaban J connectivity index is 0.000000159. The first-order valence-corrected chi connectivity index (χ1v) is 14.4. The Morgan fingerprint density at radius 2 is 1.21 bits per heavy atom. The molecule has 0 heterocycles. The van der Waals surface area contributed by atoms with Crippen molar-refractivity contribution < 1.29 is 26.2 Å². The molecule has 2 unspecified atom stereocenters. The van der Waals surface area contributed by atoms with E-state index >= 15 is 0 Å². The van der Waals surface area contributed by atoms with E-state index in [2.05, 4.69) is 130 Å². The maximum atomic E-state index is 2.38. The molecule has 2 aliphatic carbocycles. The zero-order chi connectivity index (χ0) is 22.9. The van der Waals surface area contributed by atoms with Crippen molar-refractivity contribution >= 4 is 26.1 Å². The molecule has 1 radical (unpaired) electrons. The van der Waals surface area contributed by atoms with E-state index in [-0.39, 0.29) is 35.0 Å². The predicted octanol–water partition coefficient (Wildman–Crippen LogP) is 7.87. The molecule has 0 N–H and O–H groups in total. The predicted molar refractivity (Wildman–Crippen MR) is 145 cm³/mol. The Hall–Kier alpha value is -2.28. The molecule has 0 spiro atoms. The molecule has 2 atom stereocenters. The Bertz CT molecular complexity index is 1320. The molecule has 167 valence electrons. The average Bonchev–Trinajstić information content (AvgIpc) is 3.58. The first-order valence-electron chi connectivity index (χ1n) is 11.9. The molecule has 34 heavy (non-hydrogen) atoms. The zero-order valence-corrected chi connectivity index (χ0v) is 23.9. The van der Waals surface area contributed by atoms with Crippen molar-refractivity contribution in [1.29, 1.82) is 0 Å². The summed E-state index contributed by atoms with van der Waals surface area (Å²) in [5, 5.41) is 1.59. The van der Waals surface area contributed by atoms with Crippen LogP contribution in [0.5, 0.6) is 0 Å². The van der Waals surface area contributed by atoms with Gasteiger partial charge in [0, 0.05) is 5.92 Å². The number of fused-ring (bicyclic) bond motifs is 2. The van der Waals surface area contributed by atoms with Crippen molar-refractivity contribution in [2.45, 2.75) is 38.8 Å². The summed E-state index contributed by atoms with van der Waals surface area (Å²) in [6.45, 7) is 9.24. The minimum atomic E-state index is -0.388. The van der Waals surface area contributed by atoms with Crippen LogP contribution in [0.2, 0.25) is 13.1 Å². The first-order chi connectivity index (χ1) is 16.0. The molecular weight excluding hydrogens is 504 g/mol. The van der Waals surface area contributed by atoms with Gasteiger partial charge in [-0.05, 0) is 42.0 Å². The van der Waals surface area contributed by atoms with E-state index in [1.807, 2.05) is 0 Å². The van der Waals surface area contributed by atoms with Crippen LogP contribution in [-0.2, 0) is 26.2 Å². The second kappa shape index (κ2) is 10.5. The van der Waals surface area contributed by atoms with E-state index in [0.29, 0.717) is 11.8 Å². The van der Waals surface area contributed by atoms with Crippen molar-refractivity contribution in [2.24, 2.45) is 0 Å². The molecule has 0 bridgehead atoms. The quantitative estimate of drug-likeness (QED) is 0.185. The van der Waals surface area contributed by atoms with Crippen LogP contribution in [0, 0.1) is 0 Å². The van der Waals surface area contributed by atoms with Gasteiger partial charge in [0.1, 0.15) is 0 Å². The largest absolute Gasteiger partial charge is 2.00 e. The fourth-order valence-corrected chi connectivity index (χ4v) is 6.77. The minimum Gasteiger partial charge on any atom is -0.213 e. The number of hydrogen-bond donors (Lipinski definition) is 0. The first kappa shape index (κ1) is 24.8. The van der Waals surface area contributed by atoms with Gasteiger partial charge in [0.15, 0.2) is 0 Å². The third-order valence-corrected chi connectivity index (χ3v) is 8.54. The summed E-state index contributed by atoms with van der Waals surface area (Å²) in [5.41, 5.74) is 11.6. The van der Waals surface area contributed by atoms with Crippen LogP contribution in [0.3, 0.4) is 0 Å². The second-order valence-corrected chi connectivity index (χ2v) is 12.1. The second-order valence-electron chi connectivity index (χ2n) is 9.51. The third-order valence-electron chi connectivity index (χ3n) is 7.01. The topological polar surface area (TPSA) is 0 Å². The molecule has 2 heteroatoms. The van der Waals surface area contributed by atoms with Crippen molar-refractivity contribution in [2.75, 3.05) is 0 Å². The van der Waals surface area contributed by atoms with Gasteiger partial charge in [0.2, 0.25) is 0 Å². The molecule has 6 rings (SSSR count). The fraction of sp³-hybridized carbons (Fsp3) is 0.188. The van der Waals surface area contributed by atoms with Gasteiger partial charge in [-0.3, -0.25) is 0 Å². The Labute approximate surface area is 225 Å². The van der Waals surface area contributed by atoms with Gasteiger partial charge >= 0.3 is 26.2 Å². The maximum Gasteiger partial charge on any atom is 2.00 e. The van der Waals surface area contributed by atoms with E-state index in [4.69, 9.17) is 0 Å². The van der Waals surface area contributed by atoms with Crippen molar-refractivity contribution in [1.82, 2.24) is 0 Å². The summed E-state index contributed by atoms with van der Waals surface area (Å²) < 4.78 is 0. The van der Waals surface area contributed by atoms with Gasteiger partial charge in [-0.15, -0.1) is 0 Å². The standard InChI is InChI=1S/C17H18Si.C15H13.Zr/c1-12-11-13-7-4-5-8-14(13)17(12)15-9-6-10-16(15)18(2)3;1-11-10-13-8-4-5-9-14(13)15(11)12-6-2-3-7-12;/h4-11,17H,1-3H3;2-10,15H,1H3;/q2*-1;+2. The third kappa shape index (κ3) is 4.64. The van der Waals surface area contributed by atoms with Crippen LogP contribution in [0.4, 0.5) is 0 Å². The van der Waals surface area contributed by atoms with Crippen molar-refractivity contribution in [3.05, 3.63) is 136 Å². The van der Waals surface area contributed by atoms with Crippen LogP contribution in [-0.4, -0.2) is 8.80 Å². The Morgan fingerprint density at radius 1 is 0.618 bits per heavy atom. The number of benzene rings is 2. The van der Waals surface area contributed by atoms with Crippen LogP contribution < -0.4 is 5.19 Å². The monoisotopic (exact) mass is 533 g/mol. The summed E-state index contributed by atoms with van der Waals surface area (Å²) in [4.78, 5) is 0. The van der Waals surface area contributed by atoms with Crippen molar-refractivity contribution in [3.8, 4) is 0 Å². The van der Waals surface area contributed by atoms with Gasteiger partial charge < -0.3 is 0 Å². The SMILES string of the molecule is CC1=Cc2ccccc2C1c1cc[cH-]c1[Si](C)C.CC1=Cc2ccccc2C1c1ccc[cH-]1.[Zr+2]. The summed E-state index contributed by atoms with van der Waals surface area (Å²) >= 11 is 0. The Morgan fingerprint density at radius 3 is 1.79 bits per heavy atom. The van der Waals surface area contributed by atoms with Crippen LogP contribution in [0.1, 0.15) is 59.1 Å². The van der Waals surface area contributed by atoms with Crippen LogP contribution in [0.25, 0.3) is 12.2 Å². The molecule has 0 saturated heterocycles. The molecular formula is C32H31SiZr. The van der Waals surface area contributed by atoms with Gasteiger partial charge in [-0.1, -0.05) is 84.9 Å². The number of rotatable bonds is 3. The summed E-state index contributed by atoms with van der Waals surface area (Å²) in [6.07, 6.45) is 4.64. The van der Waals surface area contributed by atoms with E-state index in [0.717, 1.165) is 0 Å². The smallest absolute Gasteiger partial charge is 0.213 e. The summed E-state index contributed by atoms with van der Waals surface area (Å²) in [6, 6.07) is 33.0. The summed E-state index contributed by atoms with van der Waals surface area (Å²) in [5.74, 6) is 0.974. The minimum absolute atomic E-state index is 0. The van der Waals surface area contributed by atoms with E-state index in [9.17, 15) is 0 Å². The molecule has 4 aromatic carbocycles. The number of allylic oxidation sites excluding steroid dienone is 2. The summed E-state index contributed by atoms with van der Waals surface area (Å²) in [7, 11) is -0.388. The molecule has 0 fully saturated rings. The van der Waals surface area contributed by atoms with Crippen LogP contribution >= 0.6 is 0 Å². The van der Waals surface area contributed by atoms with Crippen molar-refractivity contribution in [3.63, 3.8) is 0 Å². The van der Waals surface area contributed by atoms with Crippen LogP contribution in [0.15, 0.2) is 102 Å². The van der Waals surface area contributed by atoms with E-state index in [1.54, 1.807) is 5.19 Å². The normalized spacial score (nSPS) is 17.8. The molecule has 0 nitrogen and oxygen atoms in total. The molecule has 2 aliphatic rings. The molecule has 0 saturated carbocycles. The van der Waals surface area contributed by atoms with E-state index < -0.39 is 0 Å². The maximum absolute atomic E-state index is 2.38. The Kier molecular flexibility index (Phi) is 7.70. The van der Waals surface area contributed by atoms with Gasteiger partial charge in [-0.2, -0.15) is 40.6 Å². The van der Waals surface area contributed by atoms with Gasteiger partial charge in [0.25, 0.3) is 0 Å². The van der Waals surface area contributed by atoms with Gasteiger partial charge in [-0.25, -0.2) is 18.2 Å². The van der Waals surface area contributed by atoms with Gasteiger partial charge in [0.05, 0.1) is 8.80 Å². The molecule has 0 amide bonds. The molecule has 0 aliphatic heterocycles. The molecule has 0 aromatic heterocycles. The zero-order valence-electron chi connectivity index (χ0n) is 20.5. The average molecular weight is 535 g/mol. The van der Waals surface area contributed by atoms with E-state index in [1.165, 1.54) is 44.5 Å². The number of hydrogen-bond acceptors (Lipinski definition) is 0. The fourth-order valence-electron chi connectivity index (χ4n) is 5.54. The molecule has 4 aromatic rings.